The van der Waals surface area contributed by atoms with E-state index in [1.165, 1.54) is 0 Å². The minimum absolute atomic E-state index is 0.0894. The molecule has 24 heavy (non-hydrogen) atoms. The van der Waals surface area contributed by atoms with Crippen molar-refractivity contribution in [3.8, 4) is 0 Å². The van der Waals surface area contributed by atoms with Gasteiger partial charge < -0.3 is 15.0 Å². The number of para-hydroxylation sites is 1. The molecule has 5 nitrogen and oxygen atoms in total. The highest BCUT2D eigenvalue weighted by molar-refractivity contribution is 5.86. The fraction of sp³-hybridized carbons (Fsp3) is 0.158. The Morgan fingerprint density at radius 2 is 1.71 bits per heavy atom. The number of hydrogen-bond donors (Lipinski definition) is 2. The van der Waals surface area contributed by atoms with Crippen molar-refractivity contribution in [2.24, 2.45) is 0 Å². The van der Waals surface area contributed by atoms with Crippen LogP contribution in [0.25, 0.3) is 10.9 Å². The van der Waals surface area contributed by atoms with E-state index in [1.807, 2.05) is 71.4 Å². The molecule has 2 aromatic carbocycles. The van der Waals surface area contributed by atoms with Gasteiger partial charge in [-0.05, 0) is 23.1 Å². The number of nitrogens with one attached hydrogen (secondary N) is 1. The van der Waals surface area contributed by atoms with Gasteiger partial charge in [-0.15, -0.1) is 0 Å². The summed E-state index contributed by atoms with van der Waals surface area (Å²) in [5.74, 6) is -1.36. The van der Waals surface area contributed by atoms with E-state index in [0.717, 1.165) is 16.5 Å². The van der Waals surface area contributed by atoms with E-state index in [4.69, 9.17) is 0 Å². The summed E-state index contributed by atoms with van der Waals surface area (Å²) in [4.78, 5) is 23.7. The molecule has 1 aromatic heterocycles. The first-order valence-corrected chi connectivity index (χ1v) is 7.73. The lowest BCUT2D eigenvalue weighted by Crippen LogP contribution is -2.43. The highest BCUT2D eigenvalue weighted by Gasteiger charge is 2.20. The summed E-state index contributed by atoms with van der Waals surface area (Å²) >= 11 is 0. The smallest absolute Gasteiger partial charge is 0.326 e. The molecular formula is C19H18N2O3. The summed E-state index contributed by atoms with van der Waals surface area (Å²) in [7, 11) is 0. The summed E-state index contributed by atoms with van der Waals surface area (Å²) < 4.78 is 1.81. The maximum atomic E-state index is 12.3. The van der Waals surface area contributed by atoms with Crippen molar-refractivity contribution < 1.29 is 14.7 Å². The molecule has 3 aromatic rings. The van der Waals surface area contributed by atoms with Crippen LogP contribution in [0.3, 0.4) is 0 Å². The number of carboxylic acid groups (broad SMARTS) is 1. The first kappa shape index (κ1) is 15.8. The number of nitrogens with zero attached hydrogens (tertiary/aromatic N) is 1. The molecule has 0 spiro atoms. The van der Waals surface area contributed by atoms with Crippen molar-refractivity contribution in [3.05, 3.63) is 72.4 Å². The number of fused-ring (bicyclic) bond motifs is 1. The largest absolute Gasteiger partial charge is 0.480 e. The number of amides is 1. The summed E-state index contributed by atoms with van der Waals surface area (Å²) in [6, 6.07) is 18.0. The van der Waals surface area contributed by atoms with Crippen molar-refractivity contribution in [3.63, 3.8) is 0 Å². The SMILES string of the molecule is O=C(Cn1ccc2ccccc21)NC(Cc1ccccc1)C(=O)O. The first-order valence-electron chi connectivity index (χ1n) is 7.73. The van der Waals surface area contributed by atoms with Gasteiger partial charge in [-0.25, -0.2) is 4.79 Å². The van der Waals surface area contributed by atoms with Crippen LogP contribution in [0.4, 0.5) is 0 Å². The molecule has 3 rings (SSSR count). The fourth-order valence-corrected chi connectivity index (χ4v) is 2.72. The Labute approximate surface area is 139 Å². The Hall–Kier alpha value is -3.08. The van der Waals surface area contributed by atoms with Crippen LogP contribution < -0.4 is 5.32 Å². The summed E-state index contributed by atoms with van der Waals surface area (Å²) in [6.07, 6.45) is 2.09. The number of carboxylic acids is 1. The van der Waals surface area contributed by atoms with E-state index in [2.05, 4.69) is 5.32 Å². The zero-order chi connectivity index (χ0) is 16.9. The Kier molecular flexibility index (Phi) is 4.61. The third-order valence-electron chi connectivity index (χ3n) is 3.91. The van der Waals surface area contributed by atoms with Crippen molar-refractivity contribution in [2.75, 3.05) is 0 Å². The lowest BCUT2D eigenvalue weighted by atomic mass is 10.1. The molecule has 0 saturated heterocycles. The fourth-order valence-electron chi connectivity index (χ4n) is 2.72. The number of rotatable bonds is 6. The average molecular weight is 322 g/mol. The second-order valence-electron chi connectivity index (χ2n) is 5.65. The van der Waals surface area contributed by atoms with Crippen LogP contribution in [-0.2, 0) is 22.6 Å². The minimum atomic E-state index is -1.04. The Bertz CT molecular complexity index is 855. The summed E-state index contributed by atoms with van der Waals surface area (Å²) in [6.45, 7) is 0.0894. The number of hydrogen-bond acceptors (Lipinski definition) is 2. The van der Waals surface area contributed by atoms with E-state index >= 15 is 0 Å². The topological polar surface area (TPSA) is 71.3 Å². The molecule has 1 amide bonds. The molecule has 5 heteroatoms. The normalized spacial score (nSPS) is 12.0. The zero-order valence-electron chi connectivity index (χ0n) is 13.1. The second kappa shape index (κ2) is 7.00. The zero-order valence-corrected chi connectivity index (χ0v) is 13.1. The van der Waals surface area contributed by atoms with Gasteiger partial charge >= 0.3 is 5.97 Å². The van der Waals surface area contributed by atoms with Gasteiger partial charge in [0.15, 0.2) is 0 Å². The number of carbonyl (C=O) groups is 2. The first-order chi connectivity index (χ1) is 11.6. The monoisotopic (exact) mass is 322 g/mol. The molecule has 2 N–H and O–H groups in total. The molecule has 0 saturated carbocycles. The Morgan fingerprint density at radius 3 is 2.46 bits per heavy atom. The van der Waals surface area contributed by atoms with Crippen LogP contribution >= 0.6 is 0 Å². The maximum Gasteiger partial charge on any atom is 0.326 e. The van der Waals surface area contributed by atoms with Crippen LogP contribution in [0.1, 0.15) is 5.56 Å². The quantitative estimate of drug-likeness (QED) is 0.732. The molecule has 122 valence electrons. The standard InChI is InChI=1S/C19H18N2O3/c22-18(13-21-11-10-15-8-4-5-9-17(15)21)20-16(19(23)24)12-14-6-2-1-3-7-14/h1-11,16H,12-13H2,(H,20,22)(H,23,24). The van der Waals surface area contributed by atoms with Gasteiger partial charge in [0.2, 0.25) is 5.91 Å². The summed E-state index contributed by atoms with van der Waals surface area (Å²) in [5.41, 5.74) is 1.82. The third kappa shape index (κ3) is 3.63. The van der Waals surface area contributed by atoms with Crippen LogP contribution in [0.5, 0.6) is 0 Å². The number of benzene rings is 2. The van der Waals surface area contributed by atoms with Gasteiger partial charge in [-0.3, -0.25) is 4.79 Å². The number of carbonyl (C=O) groups excluding carboxylic acids is 1. The Balaban J connectivity index is 1.68. The minimum Gasteiger partial charge on any atom is -0.480 e. The maximum absolute atomic E-state index is 12.3. The third-order valence-corrected chi connectivity index (χ3v) is 3.91. The van der Waals surface area contributed by atoms with Crippen LogP contribution in [0, 0.1) is 0 Å². The van der Waals surface area contributed by atoms with E-state index in [0.29, 0.717) is 0 Å². The summed E-state index contributed by atoms with van der Waals surface area (Å²) in [5, 5.41) is 13.0. The lowest BCUT2D eigenvalue weighted by molar-refractivity contribution is -0.141. The van der Waals surface area contributed by atoms with E-state index in [-0.39, 0.29) is 18.9 Å². The highest BCUT2D eigenvalue weighted by Crippen LogP contribution is 2.14. The van der Waals surface area contributed by atoms with Crippen LogP contribution in [-0.4, -0.2) is 27.6 Å². The molecule has 1 unspecified atom stereocenters. The van der Waals surface area contributed by atoms with E-state index in [9.17, 15) is 14.7 Å². The highest BCUT2D eigenvalue weighted by atomic mass is 16.4. The molecule has 0 fully saturated rings. The van der Waals surface area contributed by atoms with Crippen LogP contribution in [0.2, 0.25) is 0 Å². The predicted octanol–water partition coefficient (Wildman–Crippen LogP) is 2.45. The van der Waals surface area contributed by atoms with Gasteiger partial charge in [0, 0.05) is 18.1 Å². The lowest BCUT2D eigenvalue weighted by Gasteiger charge is -2.15. The van der Waals surface area contributed by atoms with Gasteiger partial charge in [-0.2, -0.15) is 0 Å². The van der Waals surface area contributed by atoms with Gasteiger partial charge in [0.05, 0.1) is 0 Å². The van der Waals surface area contributed by atoms with Crippen molar-refractivity contribution in [2.45, 2.75) is 19.0 Å². The van der Waals surface area contributed by atoms with Crippen LogP contribution in [0.15, 0.2) is 66.9 Å². The average Bonchev–Trinajstić information content (AvgIpc) is 2.98. The molecule has 0 radical (unpaired) electrons. The van der Waals surface area contributed by atoms with Crippen molar-refractivity contribution >= 4 is 22.8 Å². The predicted molar refractivity (Wildman–Crippen MR) is 91.7 cm³/mol. The Morgan fingerprint density at radius 1 is 1.00 bits per heavy atom. The van der Waals surface area contributed by atoms with E-state index in [1.54, 1.807) is 0 Å². The van der Waals surface area contributed by atoms with Crippen molar-refractivity contribution in [1.82, 2.24) is 9.88 Å². The molecular weight excluding hydrogens is 304 g/mol. The molecule has 1 atom stereocenters. The number of aliphatic carboxylic acids is 1. The molecule has 0 aliphatic heterocycles. The van der Waals surface area contributed by atoms with E-state index < -0.39 is 12.0 Å². The van der Waals surface area contributed by atoms with Gasteiger partial charge in [-0.1, -0.05) is 48.5 Å². The van der Waals surface area contributed by atoms with Crippen molar-refractivity contribution in [1.29, 1.82) is 0 Å². The molecule has 0 aliphatic carbocycles. The molecule has 1 heterocycles. The molecule has 0 aliphatic rings. The molecule has 0 bridgehead atoms. The number of aromatic nitrogens is 1. The van der Waals surface area contributed by atoms with Gasteiger partial charge in [0.25, 0.3) is 0 Å². The van der Waals surface area contributed by atoms with Gasteiger partial charge in [0.1, 0.15) is 12.6 Å². The second-order valence-corrected chi connectivity index (χ2v) is 5.65.